The van der Waals surface area contributed by atoms with Crippen LogP contribution in [-0.4, -0.2) is 59.5 Å². The van der Waals surface area contributed by atoms with E-state index in [9.17, 15) is 9.59 Å². The smallest absolute Gasteiger partial charge is 0.292 e. The first kappa shape index (κ1) is 18.0. The van der Waals surface area contributed by atoms with Gasteiger partial charge >= 0.3 is 0 Å². The van der Waals surface area contributed by atoms with Crippen molar-refractivity contribution in [3.05, 3.63) is 51.9 Å². The zero-order valence-corrected chi connectivity index (χ0v) is 15.6. The number of aromatic nitrogens is 2. The highest BCUT2D eigenvalue weighted by molar-refractivity contribution is 6.33. The van der Waals surface area contributed by atoms with Gasteiger partial charge in [-0.15, -0.1) is 0 Å². The molecule has 1 aromatic heterocycles. The highest BCUT2D eigenvalue weighted by atomic mass is 35.5. The van der Waals surface area contributed by atoms with E-state index in [0.717, 1.165) is 12.8 Å². The fourth-order valence-electron chi connectivity index (χ4n) is 3.54. The Hall–Kier alpha value is -2.38. The van der Waals surface area contributed by atoms with Gasteiger partial charge in [0.25, 0.3) is 11.5 Å². The van der Waals surface area contributed by atoms with Crippen molar-refractivity contribution in [2.45, 2.75) is 18.9 Å². The summed E-state index contributed by atoms with van der Waals surface area (Å²) in [6.45, 7) is 3.03. The van der Waals surface area contributed by atoms with Crippen molar-refractivity contribution in [1.82, 2.24) is 14.7 Å². The Balaban J connectivity index is 1.48. The van der Waals surface area contributed by atoms with Gasteiger partial charge in [-0.3, -0.25) is 9.59 Å². The first-order chi connectivity index (χ1) is 13.1. The quantitative estimate of drug-likeness (QED) is 0.800. The summed E-state index contributed by atoms with van der Waals surface area (Å²) in [7, 11) is 0. The maximum absolute atomic E-state index is 12.6. The average Bonchev–Trinajstić information content (AvgIpc) is 3.25. The summed E-state index contributed by atoms with van der Waals surface area (Å²) < 4.78 is 6.78. The van der Waals surface area contributed by atoms with Gasteiger partial charge in [-0.1, -0.05) is 29.8 Å². The number of para-hydroxylation sites is 1. The topological polar surface area (TPSA) is 67.7 Å². The third-order valence-corrected chi connectivity index (χ3v) is 5.39. The molecule has 0 bridgehead atoms. The molecule has 2 aliphatic heterocycles. The minimum atomic E-state index is -0.349. The first-order valence-corrected chi connectivity index (χ1v) is 9.51. The Morgan fingerprint density at radius 3 is 2.56 bits per heavy atom. The SMILES string of the molecule is O=C([C@H]1CCCO1)N1CCN(c2cnn(-c3ccccc3)c(=O)c2Cl)CC1. The van der Waals surface area contributed by atoms with Crippen molar-refractivity contribution in [2.24, 2.45) is 0 Å². The van der Waals surface area contributed by atoms with Crippen molar-refractivity contribution in [1.29, 1.82) is 0 Å². The predicted molar refractivity (Wildman–Crippen MR) is 103 cm³/mol. The normalized spacial score (nSPS) is 20.1. The molecule has 2 saturated heterocycles. The molecule has 4 rings (SSSR count). The highest BCUT2D eigenvalue weighted by Crippen LogP contribution is 2.24. The molecule has 2 aliphatic rings. The molecule has 2 fully saturated rings. The number of halogens is 1. The standard InChI is InChI=1S/C19H21ClN4O3/c20-17-15(13-21-24(19(17)26)14-5-2-1-3-6-14)22-8-10-23(11-9-22)18(25)16-7-4-12-27-16/h1-3,5-6,13,16H,4,7-12H2/t16-/m1/s1. The van der Waals surface area contributed by atoms with Crippen molar-refractivity contribution < 1.29 is 9.53 Å². The molecule has 0 aliphatic carbocycles. The van der Waals surface area contributed by atoms with E-state index in [1.54, 1.807) is 18.3 Å². The number of hydrogen-bond acceptors (Lipinski definition) is 5. The van der Waals surface area contributed by atoms with Gasteiger partial charge in [-0.2, -0.15) is 9.78 Å². The molecule has 0 radical (unpaired) electrons. The third-order valence-electron chi connectivity index (χ3n) is 5.04. The first-order valence-electron chi connectivity index (χ1n) is 9.14. The zero-order valence-electron chi connectivity index (χ0n) is 14.9. The number of rotatable bonds is 3. The maximum atomic E-state index is 12.6. The summed E-state index contributed by atoms with van der Waals surface area (Å²) in [4.78, 5) is 28.9. The molecule has 1 atom stereocenters. The summed E-state index contributed by atoms with van der Waals surface area (Å²) in [6.07, 6.45) is 3.06. The Morgan fingerprint density at radius 2 is 1.89 bits per heavy atom. The van der Waals surface area contributed by atoms with Gasteiger partial charge in [0.15, 0.2) is 0 Å². The van der Waals surface area contributed by atoms with Gasteiger partial charge in [0, 0.05) is 32.8 Å². The number of nitrogens with zero attached hydrogens (tertiary/aromatic N) is 4. The van der Waals surface area contributed by atoms with Crippen LogP contribution in [-0.2, 0) is 9.53 Å². The minimum Gasteiger partial charge on any atom is -0.368 e. The van der Waals surface area contributed by atoms with E-state index in [-0.39, 0.29) is 22.6 Å². The number of piperazine rings is 1. The van der Waals surface area contributed by atoms with Crippen LogP contribution >= 0.6 is 11.6 Å². The molecule has 8 heteroatoms. The zero-order chi connectivity index (χ0) is 18.8. The average molecular weight is 389 g/mol. The van der Waals surface area contributed by atoms with Crippen LogP contribution in [0.4, 0.5) is 5.69 Å². The molecule has 7 nitrogen and oxygen atoms in total. The number of amides is 1. The summed E-state index contributed by atoms with van der Waals surface area (Å²) in [5.41, 5.74) is 0.930. The second-order valence-electron chi connectivity index (χ2n) is 6.71. The minimum absolute atomic E-state index is 0.0656. The van der Waals surface area contributed by atoms with Crippen LogP contribution in [0, 0.1) is 0 Å². The lowest BCUT2D eigenvalue weighted by molar-refractivity contribution is -0.141. The van der Waals surface area contributed by atoms with E-state index in [0.29, 0.717) is 44.2 Å². The lowest BCUT2D eigenvalue weighted by atomic mass is 10.2. The van der Waals surface area contributed by atoms with Crippen molar-refractivity contribution in [2.75, 3.05) is 37.7 Å². The number of benzene rings is 1. The lowest BCUT2D eigenvalue weighted by Gasteiger charge is -2.37. The molecule has 2 aromatic rings. The Labute approximate surface area is 162 Å². The van der Waals surface area contributed by atoms with E-state index < -0.39 is 0 Å². The summed E-state index contributed by atoms with van der Waals surface area (Å²) in [6, 6.07) is 9.17. The van der Waals surface area contributed by atoms with E-state index in [4.69, 9.17) is 16.3 Å². The third kappa shape index (κ3) is 3.57. The number of ether oxygens (including phenoxy) is 1. The van der Waals surface area contributed by atoms with E-state index in [1.807, 2.05) is 28.0 Å². The van der Waals surface area contributed by atoms with Gasteiger partial charge in [-0.25, -0.2) is 0 Å². The van der Waals surface area contributed by atoms with E-state index in [2.05, 4.69) is 5.10 Å². The van der Waals surface area contributed by atoms with Crippen molar-refractivity contribution >= 4 is 23.2 Å². The maximum Gasteiger partial charge on any atom is 0.292 e. The Morgan fingerprint density at radius 1 is 1.15 bits per heavy atom. The molecular weight excluding hydrogens is 368 g/mol. The largest absolute Gasteiger partial charge is 0.368 e. The summed E-state index contributed by atoms with van der Waals surface area (Å²) >= 11 is 6.37. The monoisotopic (exact) mass is 388 g/mol. The van der Waals surface area contributed by atoms with Crippen LogP contribution < -0.4 is 10.5 Å². The van der Waals surface area contributed by atoms with Gasteiger partial charge < -0.3 is 14.5 Å². The number of hydrogen-bond donors (Lipinski definition) is 0. The fraction of sp³-hybridized carbons (Fsp3) is 0.421. The van der Waals surface area contributed by atoms with Crippen LogP contribution in [0.5, 0.6) is 0 Å². The van der Waals surface area contributed by atoms with Crippen LogP contribution in [0.1, 0.15) is 12.8 Å². The predicted octanol–water partition coefficient (Wildman–Crippen LogP) is 1.71. The van der Waals surface area contributed by atoms with Crippen LogP contribution in [0.2, 0.25) is 5.02 Å². The Bertz CT molecular complexity index is 872. The van der Waals surface area contributed by atoms with Crippen LogP contribution in [0.3, 0.4) is 0 Å². The number of anilines is 1. The van der Waals surface area contributed by atoms with Gasteiger partial charge in [-0.05, 0) is 25.0 Å². The van der Waals surface area contributed by atoms with Crippen molar-refractivity contribution in [3.8, 4) is 5.69 Å². The summed E-state index contributed by atoms with van der Waals surface area (Å²) in [5.74, 6) is 0.0656. The molecule has 0 N–H and O–H groups in total. The van der Waals surface area contributed by atoms with Crippen LogP contribution in [0.25, 0.3) is 5.69 Å². The van der Waals surface area contributed by atoms with Crippen LogP contribution in [0.15, 0.2) is 41.3 Å². The second kappa shape index (κ2) is 7.70. The Kier molecular flexibility index (Phi) is 5.13. The van der Waals surface area contributed by atoms with Gasteiger partial charge in [0.2, 0.25) is 0 Å². The second-order valence-corrected chi connectivity index (χ2v) is 7.09. The number of carbonyl (C=O) groups excluding carboxylic acids is 1. The van der Waals surface area contributed by atoms with E-state index in [1.165, 1.54) is 4.68 Å². The molecule has 142 valence electrons. The summed E-state index contributed by atoms with van der Waals surface area (Å²) in [5, 5.41) is 4.43. The molecule has 0 saturated carbocycles. The van der Waals surface area contributed by atoms with Gasteiger partial charge in [0.05, 0.1) is 17.6 Å². The number of carbonyl (C=O) groups is 1. The lowest BCUT2D eigenvalue weighted by Crippen LogP contribution is -2.51. The molecule has 0 unspecified atom stereocenters. The molecule has 0 spiro atoms. The molecule has 27 heavy (non-hydrogen) atoms. The molecule has 1 amide bonds. The van der Waals surface area contributed by atoms with Gasteiger partial charge in [0.1, 0.15) is 11.1 Å². The van der Waals surface area contributed by atoms with Crippen molar-refractivity contribution in [3.63, 3.8) is 0 Å². The molecule has 1 aromatic carbocycles. The van der Waals surface area contributed by atoms with E-state index >= 15 is 0 Å². The molecular formula is C19H21ClN4O3. The molecule has 3 heterocycles. The fourth-order valence-corrected chi connectivity index (χ4v) is 3.79. The highest BCUT2D eigenvalue weighted by Gasteiger charge is 2.31.